The zero-order chi connectivity index (χ0) is 15.0. The van der Waals surface area contributed by atoms with Gasteiger partial charge in [-0.2, -0.15) is 4.98 Å². The minimum Gasteiger partial charge on any atom is -0.375 e. The normalized spacial score (nSPS) is 22.9. The smallest absolute Gasteiger partial charge is 0.270 e. The molecule has 6 heteroatoms. The Bertz CT molecular complexity index is 611. The first-order chi connectivity index (χ1) is 10.0. The van der Waals surface area contributed by atoms with Crippen LogP contribution in [-0.2, 0) is 0 Å². The third-order valence-electron chi connectivity index (χ3n) is 4.53. The Labute approximate surface area is 129 Å². The second kappa shape index (κ2) is 5.75. The second-order valence-corrected chi connectivity index (χ2v) is 7.31. The predicted octanol–water partition coefficient (Wildman–Crippen LogP) is 4.01. The quantitative estimate of drug-likeness (QED) is 0.926. The summed E-state index contributed by atoms with van der Waals surface area (Å²) < 4.78 is 5.43. The van der Waals surface area contributed by atoms with Crippen LogP contribution in [-0.4, -0.2) is 15.1 Å². The standard InChI is InChI=1S/C15H22N4OS/c1-8(2)10-4-6-11(7-5-10)13-18-14(20-19-13)12-9(3)17-15(16)21-12/h8,10-11H,4-7H2,1-3H3,(H2,16,17). The molecule has 1 aliphatic rings. The van der Waals surface area contributed by atoms with E-state index in [1.54, 1.807) is 0 Å². The summed E-state index contributed by atoms with van der Waals surface area (Å²) in [6.45, 7) is 6.54. The van der Waals surface area contributed by atoms with Crippen molar-refractivity contribution in [2.24, 2.45) is 11.8 Å². The summed E-state index contributed by atoms with van der Waals surface area (Å²) in [5.41, 5.74) is 6.59. The minimum absolute atomic E-state index is 0.433. The van der Waals surface area contributed by atoms with Crippen molar-refractivity contribution in [1.29, 1.82) is 0 Å². The molecular weight excluding hydrogens is 284 g/mol. The zero-order valence-electron chi connectivity index (χ0n) is 12.8. The van der Waals surface area contributed by atoms with E-state index in [9.17, 15) is 0 Å². The van der Waals surface area contributed by atoms with Gasteiger partial charge >= 0.3 is 0 Å². The molecular formula is C15H22N4OS. The fourth-order valence-electron chi connectivity index (χ4n) is 3.15. The summed E-state index contributed by atoms with van der Waals surface area (Å²) in [5.74, 6) is 3.45. The van der Waals surface area contributed by atoms with Gasteiger partial charge < -0.3 is 10.3 Å². The first-order valence-electron chi connectivity index (χ1n) is 7.61. The van der Waals surface area contributed by atoms with Crippen molar-refractivity contribution in [3.05, 3.63) is 11.5 Å². The van der Waals surface area contributed by atoms with Crippen LogP contribution in [0.2, 0.25) is 0 Å². The van der Waals surface area contributed by atoms with Crippen LogP contribution in [0.25, 0.3) is 10.8 Å². The summed E-state index contributed by atoms with van der Waals surface area (Å²) in [5, 5.41) is 4.73. The molecule has 1 fully saturated rings. The molecule has 21 heavy (non-hydrogen) atoms. The number of aryl methyl sites for hydroxylation is 1. The highest BCUT2D eigenvalue weighted by Gasteiger charge is 2.28. The lowest BCUT2D eigenvalue weighted by atomic mass is 9.77. The molecule has 2 N–H and O–H groups in total. The van der Waals surface area contributed by atoms with E-state index in [2.05, 4.69) is 29.0 Å². The van der Waals surface area contributed by atoms with Gasteiger partial charge in [0.15, 0.2) is 11.0 Å². The summed E-state index contributed by atoms with van der Waals surface area (Å²) >= 11 is 1.40. The topological polar surface area (TPSA) is 77.8 Å². The van der Waals surface area contributed by atoms with Crippen LogP contribution < -0.4 is 5.73 Å². The predicted molar refractivity (Wildman–Crippen MR) is 84.1 cm³/mol. The maximum absolute atomic E-state index is 5.73. The van der Waals surface area contributed by atoms with E-state index in [-0.39, 0.29) is 0 Å². The summed E-state index contributed by atoms with van der Waals surface area (Å²) in [4.78, 5) is 9.68. The number of thiazole rings is 1. The molecule has 0 aliphatic heterocycles. The van der Waals surface area contributed by atoms with Crippen molar-refractivity contribution in [1.82, 2.24) is 15.1 Å². The molecule has 0 bridgehead atoms. The zero-order valence-corrected chi connectivity index (χ0v) is 13.6. The molecule has 114 valence electrons. The van der Waals surface area contributed by atoms with Gasteiger partial charge in [0, 0.05) is 5.92 Å². The molecule has 1 saturated carbocycles. The van der Waals surface area contributed by atoms with Gasteiger partial charge in [0.2, 0.25) is 0 Å². The number of nitrogens with zero attached hydrogens (tertiary/aromatic N) is 3. The second-order valence-electron chi connectivity index (χ2n) is 6.28. The molecule has 2 aromatic heterocycles. The average Bonchev–Trinajstić information content (AvgIpc) is 3.05. The van der Waals surface area contributed by atoms with Gasteiger partial charge in [0.1, 0.15) is 4.88 Å². The van der Waals surface area contributed by atoms with E-state index in [1.807, 2.05) is 6.92 Å². The Balaban J connectivity index is 1.73. The number of hydrogen-bond acceptors (Lipinski definition) is 6. The summed E-state index contributed by atoms with van der Waals surface area (Å²) in [6, 6.07) is 0. The van der Waals surface area contributed by atoms with Gasteiger partial charge in [0.05, 0.1) is 5.69 Å². The molecule has 0 amide bonds. The summed E-state index contributed by atoms with van der Waals surface area (Å²) in [6.07, 6.45) is 4.84. The Kier molecular flexibility index (Phi) is 3.97. The van der Waals surface area contributed by atoms with Gasteiger partial charge in [-0.3, -0.25) is 0 Å². The van der Waals surface area contributed by atoms with E-state index < -0.39 is 0 Å². The highest BCUT2D eigenvalue weighted by Crippen LogP contribution is 2.38. The van der Waals surface area contributed by atoms with Crippen LogP contribution in [0.4, 0.5) is 5.13 Å². The van der Waals surface area contributed by atoms with Gasteiger partial charge in [-0.25, -0.2) is 4.98 Å². The lowest BCUT2D eigenvalue weighted by molar-refractivity contribution is 0.252. The molecule has 2 aromatic rings. The minimum atomic E-state index is 0.433. The van der Waals surface area contributed by atoms with Crippen LogP contribution in [0.1, 0.15) is 57.0 Å². The van der Waals surface area contributed by atoms with Gasteiger partial charge in [-0.15, -0.1) is 0 Å². The molecule has 0 radical (unpaired) electrons. The van der Waals surface area contributed by atoms with Gasteiger partial charge in [-0.1, -0.05) is 30.3 Å². The number of nitrogens with two attached hydrogens (primary N) is 1. The highest BCUT2D eigenvalue weighted by molar-refractivity contribution is 7.18. The highest BCUT2D eigenvalue weighted by atomic mass is 32.1. The maximum atomic E-state index is 5.73. The van der Waals surface area contributed by atoms with Crippen LogP contribution in [0.3, 0.4) is 0 Å². The third-order valence-corrected chi connectivity index (χ3v) is 5.50. The van der Waals surface area contributed by atoms with Crippen LogP contribution in [0.15, 0.2) is 4.52 Å². The van der Waals surface area contributed by atoms with Gasteiger partial charge in [0.25, 0.3) is 5.89 Å². The SMILES string of the molecule is Cc1nc(N)sc1-c1nc(C2CCC(C(C)C)CC2)no1. The molecule has 3 rings (SSSR count). The first-order valence-corrected chi connectivity index (χ1v) is 8.43. The summed E-state index contributed by atoms with van der Waals surface area (Å²) in [7, 11) is 0. The molecule has 2 heterocycles. The number of aromatic nitrogens is 3. The van der Waals surface area contributed by atoms with Crippen molar-refractivity contribution in [2.75, 3.05) is 5.73 Å². The van der Waals surface area contributed by atoms with E-state index >= 15 is 0 Å². The molecule has 0 saturated heterocycles. The van der Waals surface area contributed by atoms with Crippen molar-refractivity contribution in [2.45, 2.75) is 52.4 Å². The van der Waals surface area contributed by atoms with Crippen molar-refractivity contribution in [3.63, 3.8) is 0 Å². The number of nitrogen functional groups attached to an aromatic ring is 1. The molecule has 0 aromatic carbocycles. The van der Waals surface area contributed by atoms with E-state index in [1.165, 1.54) is 24.2 Å². The Morgan fingerprint density at radius 3 is 2.48 bits per heavy atom. The lowest BCUT2D eigenvalue weighted by Gasteiger charge is -2.29. The van der Waals surface area contributed by atoms with Gasteiger partial charge in [-0.05, 0) is 44.4 Å². The molecule has 0 atom stereocenters. The number of rotatable bonds is 3. The fourth-order valence-corrected chi connectivity index (χ4v) is 3.91. The van der Waals surface area contributed by atoms with E-state index in [4.69, 9.17) is 10.3 Å². The monoisotopic (exact) mass is 306 g/mol. The molecule has 5 nitrogen and oxygen atoms in total. The fraction of sp³-hybridized carbons (Fsp3) is 0.667. The van der Waals surface area contributed by atoms with Crippen molar-refractivity contribution < 1.29 is 4.52 Å². The molecule has 0 unspecified atom stereocenters. The Morgan fingerprint density at radius 2 is 1.90 bits per heavy atom. The lowest BCUT2D eigenvalue weighted by Crippen LogP contribution is -2.18. The number of hydrogen-bond donors (Lipinski definition) is 1. The van der Waals surface area contributed by atoms with Crippen molar-refractivity contribution >= 4 is 16.5 Å². The van der Waals surface area contributed by atoms with E-state index in [0.29, 0.717) is 16.9 Å². The third kappa shape index (κ3) is 2.95. The van der Waals surface area contributed by atoms with Crippen LogP contribution in [0.5, 0.6) is 0 Å². The first kappa shape index (κ1) is 14.5. The van der Waals surface area contributed by atoms with E-state index in [0.717, 1.165) is 41.1 Å². The van der Waals surface area contributed by atoms with Crippen LogP contribution in [0, 0.1) is 18.8 Å². The molecule has 0 spiro atoms. The van der Waals surface area contributed by atoms with Crippen molar-refractivity contribution in [3.8, 4) is 10.8 Å². The Morgan fingerprint density at radius 1 is 1.19 bits per heavy atom. The largest absolute Gasteiger partial charge is 0.375 e. The number of anilines is 1. The Hall–Kier alpha value is -1.43. The average molecular weight is 306 g/mol. The van der Waals surface area contributed by atoms with Crippen LogP contribution >= 0.6 is 11.3 Å². The molecule has 1 aliphatic carbocycles. The maximum Gasteiger partial charge on any atom is 0.270 e.